The fourth-order valence-corrected chi connectivity index (χ4v) is 0.739. The van der Waals surface area contributed by atoms with Gasteiger partial charge in [0.15, 0.2) is 0 Å². The molecule has 0 heterocycles. The van der Waals surface area contributed by atoms with Crippen LogP contribution in [0.2, 0.25) is 0 Å². The monoisotopic (exact) mass is 158 g/mol. The minimum absolute atomic E-state index is 0.0225. The molecule has 0 saturated carbocycles. The van der Waals surface area contributed by atoms with Crippen LogP contribution in [0.15, 0.2) is 0 Å². The Labute approximate surface area is 66.5 Å². The summed E-state index contributed by atoms with van der Waals surface area (Å²) in [5.74, 6) is -0.230. The minimum Gasteiger partial charge on any atom is -0.395 e. The van der Waals surface area contributed by atoms with E-state index in [0.29, 0.717) is 6.54 Å². The second-order valence-corrected chi connectivity index (χ2v) is 2.38. The zero-order valence-corrected chi connectivity index (χ0v) is 6.62. The van der Waals surface area contributed by atoms with Gasteiger partial charge < -0.3 is 15.5 Å². The van der Waals surface area contributed by atoms with Gasteiger partial charge in [0.2, 0.25) is 0 Å². The van der Waals surface area contributed by atoms with Crippen LogP contribution in [0.25, 0.3) is 0 Å². The molecule has 0 aromatic rings. The van der Waals surface area contributed by atoms with Crippen LogP contribution >= 0.6 is 0 Å². The summed E-state index contributed by atoms with van der Waals surface area (Å²) in [4.78, 5) is 0. The Kier molecular flexibility index (Phi) is 5.75. The van der Waals surface area contributed by atoms with E-state index in [2.05, 4.69) is 5.32 Å². The Balaban J connectivity index is 3.67. The molecule has 2 unspecified atom stereocenters. The highest BCUT2D eigenvalue weighted by Crippen LogP contribution is 1.99. The van der Waals surface area contributed by atoms with Crippen LogP contribution in [0, 0.1) is 17.2 Å². The average molecular weight is 158 g/mol. The Bertz CT molecular complexity index is 133. The van der Waals surface area contributed by atoms with Gasteiger partial charge in [-0.3, -0.25) is 0 Å². The molecule has 0 amide bonds. The number of nitriles is 1. The molecule has 0 aliphatic heterocycles. The van der Waals surface area contributed by atoms with Crippen LogP contribution in [0.4, 0.5) is 0 Å². The first-order valence-electron chi connectivity index (χ1n) is 3.61. The second kappa shape index (κ2) is 6.10. The maximum atomic E-state index is 8.76. The van der Waals surface area contributed by atoms with E-state index in [1.165, 1.54) is 0 Å². The lowest BCUT2D eigenvalue weighted by Gasteiger charge is -2.16. The first kappa shape index (κ1) is 10.4. The van der Waals surface area contributed by atoms with Crippen molar-refractivity contribution in [2.45, 2.75) is 13.0 Å². The van der Waals surface area contributed by atoms with E-state index < -0.39 is 0 Å². The Hall–Kier alpha value is -0.630. The van der Waals surface area contributed by atoms with E-state index in [0.717, 1.165) is 0 Å². The molecule has 0 aliphatic carbocycles. The molecule has 0 rings (SSSR count). The SMILES string of the molecule is CC(C#N)C(CO)NCCO. The van der Waals surface area contributed by atoms with Crippen LogP contribution in [0.1, 0.15) is 6.92 Å². The van der Waals surface area contributed by atoms with Gasteiger partial charge in [-0.25, -0.2) is 0 Å². The number of nitrogens with one attached hydrogen (secondary N) is 1. The second-order valence-electron chi connectivity index (χ2n) is 2.38. The zero-order chi connectivity index (χ0) is 8.69. The van der Waals surface area contributed by atoms with Crippen LogP contribution < -0.4 is 5.32 Å². The van der Waals surface area contributed by atoms with Crippen LogP contribution in [-0.2, 0) is 0 Å². The van der Waals surface area contributed by atoms with Crippen molar-refractivity contribution < 1.29 is 10.2 Å². The molecule has 0 saturated heterocycles. The van der Waals surface area contributed by atoms with E-state index in [4.69, 9.17) is 15.5 Å². The van der Waals surface area contributed by atoms with Crippen LogP contribution in [0.3, 0.4) is 0 Å². The maximum absolute atomic E-state index is 8.76. The van der Waals surface area contributed by atoms with Crippen molar-refractivity contribution in [3.63, 3.8) is 0 Å². The summed E-state index contributed by atoms with van der Waals surface area (Å²) in [5.41, 5.74) is 0. The molecule has 0 aromatic heterocycles. The largest absolute Gasteiger partial charge is 0.395 e. The predicted octanol–water partition coefficient (Wildman–Crippen LogP) is -0.911. The normalized spacial score (nSPS) is 15.5. The third kappa shape index (κ3) is 3.94. The summed E-state index contributed by atoms with van der Waals surface area (Å²) in [6.07, 6.45) is 0. The number of aliphatic hydroxyl groups excluding tert-OH is 2. The highest BCUT2D eigenvalue weighted by Gasteiger charge is 2.13. The van der Waals surface area contributed by atoms with E-state index in [1.807, 2.05) is 6.07 Å². The third-order valence-electron chi connectivity index (χ3n) is 1.52. The lowest BCUT2D eigenvalue weighted by atomic mass is 10.1. The van der Waals surface area contributed by atoms with Crippen molar-refractivity contribution in [1.29, 1.82) is 5.26 Å². The highest BCUT2D eigenvalue weighted by molar-refractivity contribution is 4.88. The van der Waals surface area contributed by atoms with Crippen LogP contribution in [0.5, 0.6) is 0 Å². The number of hydrogen-bond acceptors (Lipinski definition) is 4. The average Bonchev–Trinajstić information content (AvgIpc) is 2.05. The van der Waals surface area contributed by atoms with Gasteiger partial charge in [0, 0.05) is 12.6 Å². The number of aliphatic hydroxyl groups is 2. The molecule has 0 aliphatic rings. The molecule has 11 heavy (non-hydrogen) atoms. The Morgan fingerprint density at radius 2 is 2.18 bits per heavy atom. The molecule has 0 bridgehead atoms. The molecular formula is C7H14N2O2. The van der Waals surface area contributed by atoms with Gasteiger partial charge in [-0.15, -0.1) is 0 Å². The first-order chi connectivity index (χ1) is 5.26. The lowest BCUT2D eigenvalue weighted by molar-refractivity contribution is 0.207. The van der Waals surface area contributed by atoms with Crippen LogP contribution in [-0.4, -0.2) is 36.0 Å². The standard InChI is InChI=1S/C7H14N2O2/c1-6(4-8)7(5-11)9-2-3-10/h6-7,9-11H,2-3,5H2,1H3. The van der Waals surface area contributed by atoms with Gasteiger partial charge in [-0.2, -0.15) is 5.26 Å². The van der Waals surface area contributed by atoms with E-state index in [-0.39, 0.29) is 25.2 Å². The summed E-state index contributed by atoms with van der Waals surface area (Å²) < 4.78 is 0. The van der Waals surface area contributed by atoms with Gasteiger partial charge in [0.05, 0.1) is 25.2 Å². The first-order valence-corrected chi connectivity index (χ1v) is 3.61. The molecular weight excluding hydrogens is 144 g/mol. The van der Waals surface area contributed by atoms with Crippen molar-refractivity contribution in [2.24, 2.45) is 5.92 Å². The molecule has 2 atom stereocenters. The lowest BCUT2D eigenvalue weighted by Crippen LogP contribution is -2.39. The summed E-state index contributed by atoms with van der Waals surface area (Å²) in [6.45, 7) is 2.09. The van der Waals surface area contributed by atoms with Crippen molar-refractivity contribution in [3.8, 4) is 6.07 Å². The quantitative estimate of drug-likeness (QED) is 0.484. The predicted molar refractivity (Wildman–Crippen MR) is 40.7 cm³/mol. The summed E-state index contributed by atoms with van der Waals surface area (Å²) >= 11 is 0. The molecule has 0 aromatic carbocycles. The summed E-state index contributed by atoms with van der Waals surface area (Å²) in [6, 6.07) is 1.79. The van der Waals surface area contributed by atoms with Gasteiger partial charge >= 0.3 is 0 Å². The van der Waals surface area contributed by atoms with Crippen molar-refractivity contribution in [1.82, 2.24) is 5.32 Å². The summed E-state index contributed by atoms with van der Waals surface area (Å²) in [5, 5.41) is 28.5. The van der Waals surface area contributed by atoms with Crippen molar-refractivity contribution >= 4 is 0 Å². The topological polar surface area (TPSA) is 76.3 Å². The van der Waals surface area contributed by atoms with Gasteiger partial charge in [0.25, 0.3) is 0 Å². The molecule has 64 valence electrons. The smallest absolute Gasteiger partial charge is 0.0670 e. The fourth-order valence-electron chi connectivity index (χ4n) is 0.739. The molecule has 0 spiro atoms. The summed E-state index contributed by atoms with van der Waals surface area (Å²) in [7, 11) is 0. The number of nitrogens with zero attached hydrogens (tertiary/aromatic N) is 1. The van der Waals surface area contributed by atoms with E-state index in [1.54, 1.807) is 6.92 Å². The number of rotatable bonds is 5. The Morgan fingerprint density at radius 3 is 2.55 bits per heavy atom. The molecule has 4 heteroatoms. The fraction of sp³-hybridized carbons (Fsp3) is 0.857. The Morgan fingerprint density at radius 1 is 1.55 bits per heavy atom. The molecule has 3 N–H and O–H groups in total. The molecule has 4 nitrogen and oxygen atoms in total. The zero-order valence-electron chi connectivity index (χ0n) is 6.62. The molecule has 0 radical (unpaired) electrons. The van der Waals surface area contributed by atoms with Gasteiger partial charge in [0.1, 0.15) is 0 Å². The van der Waals surface area contributed by atoms with E-state index in [9.17, 15) is 0 Å². The number of hydrogen-bond donors (Lipinski definition) is 3. The van der Waals surface area contributed by atoms with Crippen molar-refractivity contribution in [2.75, 3.05) is 19.8 Å². The minimum atomic E-state index is -0.230. The molecule has 0 fully saturated rings. The third-order valence-corrected chi connectivity index (χ3v) is 1.52. The maximum Gasteiger partial charge on any atom is 0.0670 e. The van der Waals surface area contributed by atoms with Crippen molar-refractivity contribution in [3.05, 3.63) is 0 Å². The van der Waals surface area contributed by atoms with Gasteiger partial charge in [-0.1, -0.05) is 0 Å². The van der Waals surface area contributed by atoms with Gasteiger partial charge in [-0.05, 0) is 6.92 Å². The van der Waals surface area contributed by atoms with E-state index >= 15 is 0 Å². The highest BCUT2D eigenvalue weighted by atomic mass is 16.3.